The summed E-state index contributed by atoms with van der Waals surface area (Å²) < 4.78 is 10.6. The van der Waals surface area contributed by atoms with E-state index in [0.717, 1.165) is 17.4 Å². The van der Waals surface area contributed by atoms with E-state index in [1.54, 1.807) is 0 Å². The predicted octanol–water partition coefficient (Wildman–Crippen LogP) is 2.98. The molecule has 0 saturated carbocycles. The molecule has 0 aliphatic carbocycles. The quantitative estimate of drug-likeness (QED) is 0.318. The van der Waals surface area contributed by atoms with E-state index in [1.165, 1.54) is 36.4 Å². The highest BCUT2D eigenvalue weighted by Crippen LogP contribution is 2.24. The van der Waals surface area contributed by atoms with E-state index in [9.17, 15) is 19.7 Å². The lowest BCUT2D eigenvalue weighted by Crippen LogP contribution is -2.08. The van der Waals surface area contributed by atoms with Crippen LogP contribution in [-0.2, 0) is 0 Å². The van der Waals surface area contributed by atoms with Crippen LogP contribution in [0.25, 0.3) is 10.3 Å². The van der Waals surface area contributed by atoms with E-state index in [-0.39, 0.29) is 17.0 Å². The van der Waals surface area contributed by atoms with Crippen molar-refractivity contribution < 1.29 is 18.9 Å². The van der Waals surface area contributed by atoms with Crippen LogP contribution in [0.1, 0.15) is 10.4 Å². The molecule has 0 radical (unpaired) electrons. The molecule has 0 aliphatic heterocycles. The van der Waals surface area contributed by atoms with Crippen LogP contribution >= 0.6 is 11.3 Å². The highest BCUT2D eigenvalue weighted by Gasteiger charge is 2.14. The number of hydrogen-bond donors (Lipinski definition) is 0. The fourth-order valence-corrected chi connectivity index (χ4v) is 2.53. The van der Waals surface area contributed by atoms with Gasteiger partial charge in [-0.1, -0.05) is 17.4 Å². The van der Waals surface area contributed by atoms with Gasteiger partial charge in [-0.15, -0.1) is 0 Å². The third-order valence-corrected chi connectivity index (χ3v) is 3.59. The first kappa shape index (κ1) is 14.0. The molecular weight excluding hydrogens is 310 g/mol. The number of carbonyl (C=O) groups excluding carboxylic acids is 1. The molecule has 110 valence electrons. The fourth-order valence-electron chi connectivity index (χ4n) is 1.83. The number of nitro groups is 1. The lowest BCUT2D eigenvalue weighted by atomic mass is 10.2. The van der Waals surface area contributed by atoms with Crippen molar-refractivity contribution in [2.45, 2.75) is 0 Å². The number of nitro benzene ring substituents is 1. The van der Waals surface area contributed by atoms with Gasteiger partial charge in [0.05, 0.1) is 15.2 Å². The van der Waals surface area contributed by atoms with Crippen molar-refractivity contribution in [1.82, 2.24) is 0 Å². The molecule has 0 saturated heterocycles. The smallest absolute Gasteiger partial charge is 0.396 e. The van der Waals surface area contributed by atoms with Crippen LogP contribution < -0.4 is 9.68 Å². The van der Waals surface area contributed by atoms with Crippen LogP contribution in [0.3, 0.4) is 0 Å². The molecule has 22 heavy (non-hydrogen) atoms. The van der Waals surface area contributed by atoms with Crippen molar-refractivity contribution >= 4 is 33.3 Å². The molecule has 8 heteroatoms. The summed E-state index contributed by atoms with van der Waals surface area (Å²) in [6.07, 6.45) is 0. The Kier molecular flexibility index (Phi) is 3.43. The van der Waals surface area contributed by atoms with Gasteiger partial charge in [0.2, 0.25) is 0 Å². The first-order valence-electron chi connectivity index (χ1n) is 6.03. The van der Waals surface area contributed by atoms with Gasteiger partial charge in [-0.2, -0.15) is 0 Å². The van der Waals surface area contributed by atoms with Crippen LogP contribution in [0.2, 0.25) is 0 Å². The Balaban J connectivity index is 1.87. The van der Waals surface area contributed by atoms with Gasteiger partial charge in [0.15, 0.2) is 0 Å². The summed E-state index contributed by atoms with van der Waals surface area (Å²) in [7, 11) is 0. The molecule has 0 spiro atoms. The zero-order valence-corrected chi connectivity index (χ0v) is 11.7. The van der Waals surface area contributed by atoms with E-state index < -0.39 is 15.8 Å². The zero-order chi connectivity index (χ0) is 15.7. The second-order valence-electron chi connectivity index (χ2n) is 4.26. The van der Waals surface area contributed by atoms with Crippen molar-refractivity contribution in [3.05, 3.63) is 67.9 Å². The van der Waals surface area contributed by atoms with Crippen molar-refractivity contribution in [2.75, 3.05) is 0 Å². The summed E-state index contributed by atoms with van der Waals surface area (Å²) in [6, 6.07) is 9.74. The minimum atomic E-state index is -0.723. The summed E-state index contributed by atoms with van der Waals surface area (Å²) >= 11 is 0.893. The van der Waals surface area contributed by atoms with Crippen LogP contribution in [0, 0.1) is 10.1 Å². The minimum Gasteiger partial charge on any atom is -0.423 e. The molecule has 0 amide bonds. The minimum absolute atomic E-state index is 0.0645. The highest BCUT2D eigenvalue weighted by molar-refractivity contribution is 7.16. The molecule has 1 aromatic heterocycles. The SMILES string of the molecule is O=C(Oc1ccc2oc(=O)sc2c1)c1cccc([N+](=O)[O-])c1. The van der Waals surface area contributed by atoms with Crippen LogP contribution in [0.4, 0.5) is 5.69 Å². The normalized spacial score (nSPS) is 10.5. The Morgan fingerprint density at radius 3 is 2.82 bits per heavy atom. The Hall–Kier alpha value is -3.00. The van der Waals surface area contributed by atoms with E-state index in [4.69, 9.17) is 9.15 Å². The second kappa shape index (κ2) is 5.41. The van der Waals surface area contributed by atoms with Gasteiger partial charge in [0, 0.05) is 18.2 Å². The second-order valence-corrected chi connectivity index (χ2v) is 5.24. The molecule has 0 unspecified atom stereocenters. The molecular formula is C14H7NO6S. The molecule has 2 aromatic carbocycles. The van der Waals surface area contributed by atoms with Crippen LogP contribution in [0.15, 0.2) is 51.7 Å². The number of fused-ring (bicyclic) bond motifs is 1. The van der Waals surface area contributed by atoms with E-state index in [0.29, 0.717) is 10.3 Å². The lowest BCUT2D eigenvalue weighted by molar-refractivity contribution is -0.384. The van der Waals surface area contributed by atoms with Gasteiger partial charge in [-0.05, 0) is 18.2 Å². The first-order chi connectivity index (χ1) is 10.5. The fraction of sp³-hybridized carbons (Fsp3) is 0. The molecule has 3 rings (SSSR count). The first-order valence-corrected chi connectivity index (χ1v) is 6.85. The third kappa shape index (κ3) is 2.72. The van der Waals surface area contributed by atoms with Crippen molar-refractivity contribution in [2.24, 2.45) is 0 Å². The van der Waals surface area contributed by atoms with Gasteiger partial charge in [-0.25, -0.2) is 9.59 Å². The largest absolute Gasteiger partial charge is 0.423 e. The molecule has 3 aromatic rings. The maximum atomic E-state index is 12.0. The monoisotopic (exact) mass is 317 g/mol. The van der Waals surface area contributed by atoms with Gasteiger partial charge in [0.25, 0.3) is 5.69 Å². The van der Waals surface area contributed by atoms with Crippen molar-refractivity contribution in [3.63, 3.8) is 0 Å². The summed E-state index contributed by atoms with van der Waals surface area (Å²) in [5.74, 6) is -0.500. The number of ether oxygens (including phenoxy) is 1. The van der Waals surface area contributed by atoms with Gasteiger partial charge < -0.3 is 9.15 Å². The number of carbonyl (C=O) groups is 1. The van der Waals surface area contributed by atoms with Crippen molar-refractivity contribution in [3.8, 4) is 5.75 Å². The zero-order valence-electron chi connectivity index (χ0n) is 10.8. The molecule has 0 N–H and O–H groups in total. The Labute approximate surface area is 126 Å². The predicted molar refractivity (Wildman–Crippen MR) is 78.4 cm³/mol. The maximum absolute atomic E-state index is 12.0. The average Bonchev–Trinajstić information content (AvgIpc) is 2.86. The molecule has 7 nitrogen and oxygen atoms in total. The van der Waals surface area contributed by atoms with E-state index in [2.05, 4.69) is 0 Å². The van der Waals surface area contributed by atoms with Crippen molar-refractivity contribution in [1.29, 1.82) is 0 Å². The topological polar surface area (TPSA) is 99.7 Å². The van der Waals surface area contributed by atoms with E-state index >= 15 is 0 Å². The number of nitrogens with zero attached hydrogens (tertiary/aromatic N) is 1. The third-order valence-electron chi connectivity index (χ3n) is 2.80. The number of non-ortho nitro benzene ring substituents is 1. The van der Waals surface area contributed by atoms with E-state index in [1.807, 2.05) is 0 Å². The molecule has 0 aliphatic rings. The van der Waals surface area contributed by atoms with Gasteiger partial charge in [-0.3, -0.25) is 10.1 Å². The Bertz CT molecular complexity index is 942. The van der Waals surface area contributed by atoms with Gasteiger partial charge >= 0.3 is 10.9 Å². The summed E-state index contributed by atoms with van der Waals surface area (Å²) in [4.78, 5) is 32.8. The van der Waals surface area contributed by atoms with Crippen LogP contribution in [0.5, 0.6) is 5.75 Å². The Morgan fingerprint density at radius 2 is 2.05 bits per heavy atom. The van der Waals surface area contributed by atoms with Crippen LogP contribution in [-0.4, -0.2) is 10.9 Å². The standard InChI is InChI=1S/C14H7NO6S/c16-13(8-2-1-3-9(6-8)15(18)19)20-10-4-5-11-12(7-10)22-14(17)21-11/h1-7H. The summed E-state index contributed by atoms with van der Waals surface area (Å²) in [5.41, 5.74) is 0.276. The van der Waals surface area contributed by atoms with Gasteiger partial charge in [0.1, 0.15) is 11.3 Å². The lowest BCUT2D eigenvalue weighted by Gasteiger charge is -2.04. The number of esters is 1. The molecule has 0 atom stereocenters. The molecule has 0 bridgehead atoms. The summed E-state index contributed by atoms with van der Waals surface area (Å²) in [6.45, 7) is 0. The Morgan fingerprint density at radius 1 is 1.23 bits per heavy atom. The number of benzene rings is 2. The number of hydrogen-bond acceptors (Lipinski definition) is 7. The highest BCUT2D eigenvalue weighted by atomic mass is 32.1. The average molecular weight is 317 g/mol. The maximum Gasteiger partial charge on any atom is 0.396 e. The molecule has 0 fully saturated rings. The molecule has 1 heterocycles. The summed E-state index contributed by atoms with van der Waals surface area (Å²) in [5, 5.41) is 10.7. The number of rotatable bonds is 3.